The zero-order chi connectivity index (χ0) is 13.9. The molecule has 1 N–H and O–H groups in total. The standard InChI is InChI=1S/C17H25FN2/c1-19-12-14-4-2-3-11-20(16-9-10-16)17(14)13-5-7-15(18)8-6-13/h5-8,14,16-17,19H,2-4,9-12H2,1H3. The number of benzene rings is 1. The fourth-order valence-corrected chi connectivity index (χ4v) is 3.68. The van der Waals surface area contributed by atoms with Crippen molar-refractivity contribution in [2.24, 2.45) is 5.92 Å². The molecule has 1 heterocycles. The van der Waals surface area contributed by atoms with E-state index in [0.29, 0.717) is 12.0 Å². The van der Waals surface area contributed by atoms with E-state index in [1.165, 1.54) is 44.2 Å². The van der Waals surface area contributed by atoms with Crippen LogP contribution in [-0.4, -0.2) is 31.1 Å². The second kappa shape index (κ2) is 6.23. The number of nitrogens with zero attached hydrogens (tertiary/aromatic N) is 1. The molecule has 3 heteroatoms. The molecule has 2 fully saturated rings. The molecule has 110 valence electrons. The fraction of sp³-hybridized carbons (Fsp3) is 0.647. The quantitative estimate of drug-likeness (QED) is 0.907. The van der Waals surface area contributed by atoms with Gasteiger partial charge in [0.1, 0.15) is 5.82 Å². The summed E-state index contributed by atoms with van der Waals surface area (Å²) < 4.78 is 13.2. The van der Waals surface area contributed by atoms with Gasteiger partial charge in [-0.1, -0.05) is 18.6 Å². The smallest absolute Gasteiger partial charge is 0.123 e. The third kappa shape index (κ3) is 3.04. The first kappa shape index (κ1) is 14.0. The van der Waals surface area contributed by atoms with Crippen LogP contribution in [0.3, 0.4) is 0 Å². The third-order valence-corrected chi connectivity index (χ3v) is 4.74. The highest BCUT2D eigenvalue weighted by Gasteiger charge is 2.38. The van der Waals surface area contributed by atoms with Gasteiger partial charge < -0.3 is 5.32 Å². The number of likely N-dealkylation sites (tertiary alicyclic amines) is 1. The number of hydrogen-bond acceptors (Lipinski definition) is 2. The van der Waals surface area contributed by atoms with Crippen LogP contribution in [0.1, 0.15) is 43.7 Å². The van der Waals surface area contributed by atoms with E-state index in [4.69, 9.17) is 0 Å². The van der Waals surface area contributed by atoms with E-state index in [1.807, 2.05) is 19.2 Å². The molecule has 1 aromatic carbocycles. The molecule has 0 radical (unpaired) electrons. The van der Waals surface area contributed by atoms with Gasteiger partial charge in [-0.2, -0.15) is 0 Å². The van der Waals surface area contributed by atoms with E-state index in [9.17, 15) is 4.39 Å². The normalized spacial score (nSPS) is 28.3. The highest BCUT2D eigenvalue weighted by molar-refractivity contribution is 5.22. The summed E-state index contributed by atoms with van der Waals surface area (Å²) in [7, 11) is 2.04. The van der Waals surface area contributed by atoms with Crippen LogP contribution in [0.15, 0.2) is 24.3 Å². The van der Waals surface area contributed by atoms with Crippen LogP contribution in [0.25, 0.3) is 0 Å². The van der Waals surface area contributed by atoms with Crippen molar-refractivity contribution in [1.82, 2.24) is 10.2 Å². The maximum absolute atomic E-state index is 13.2. The fourth-order valence-electron chi connectivity index (χ4n) is 3.68. The van der Waals surface area contributed by atoms with Crippen molar-refractivity contribution in [1.29, 1.82) is 0 Å². The summed E-state index contributed by atoms with van der Waals surface area (Å²) in [6.07, 6.45) is 6.56. The summed E-state index contributed by atoms with van der Waals surface area (Å²) in [6.45, 7) is 2.25. The Morgan fingerprint density at radius 1 is 1.15 bits per heavy atom. The highest BCUT2D eigenvalue weighted by Crippen LogP contribution is 2.41. The minimum absolute atomic E-state index is 0.134. The van der Waals surface area contributed by atoms with E-state index in [-0.39, 0.29) is 5.82 Å². The second-order valence-electron chi connectivity index (χ2n) is 6.28. The molecule has 20 heavy (non-hydrogen) atoms. The monoisotopic (exact) mass is 276 g/mol. The van der Waals surface area contributed by atoms with Gasteiger partial charge in [0, 0.05) is 12.1 Å². The molecule has 1 aliphatic heterocycles. The summed E-state index contributed by atoms with van der Waals surface area (Å²) in [5, 5.41) is 3.36. The van der Waals surface area contributed by atoms with Gasteiger partial charge >= 0.3 is 0 Å². The molecule has 2 atom stereocenters. The molecule has 1 saturated carbocycles. The van der Waals surface area contributed by atoms with Crippen molar-refractivity contribution in [2.45, 2.75) is 44.2 Å². The molecule has 0 bridgehead atoms. The van der Waals surface area contributed by atoms with Crippen molar-refractivity contribution in [3.63, 3.8) is 0 Å². The lowest BCUT2D eigenvalue weighted by Gasteiger charge is -2.35. The van der Waals surface area contributed by atoms with Gasteiger partial charge in [0.25, 0.3) is 0 Å². The lowest BCUT2D eigenvalue weighted by molar-refractivity contribution is 0.145. The van der Waals surface area contributed by atoms with Gasteiger partial charge in [-0.05, 0) is 69.4 Å². The number of halogens is 1. The lowest BCUT2D eigenvalue weighted by Crippen LogP contribution is -2.37. The van der Waals surface area contributed by atoms with Gasteiger partial charge in [0.2, 0.25) is 0 Å². The van der Waals surface area contributed by atoms with Crippen LogP contribution < -0.4 is 5.32 Å². The first-order valence-corrected chi connectivity index (χ1v) is 7.95. The lowest BCUT2D eigenvalue weighted by atomic mass is 9.89. The van der Waals surface area contributed by atoms with Crippen LogP contribution in [0.4, 0.5) is 4.39 Å². The van der Waals surface area contributed by atoms with Crippen molar-refractivity contribution in [2.75, 3.05) is 20.1 Å². The molecule has 0 aromatic heterocycles. The van der Waals surface area contributed by atoms with Crippen molar-refractivity contribution < 1.29 is 4.39 Å². The summed E-state index contributed by atoms with van der Waals surface area (Å²) in [5.41, 5.74) is 1.29. The van der Waals surface area contributed by atoms with Gasteiger partial charge in [0.05, 0.1) is 0 Å². The van der Waals surface area contributed by atoms with Crippen LogP contribution >= 0.6 is 0 Å². The van der Waals surface area contributed by atoms with Crippen LogP contribution in [0.5, 0.6) is 0 Å². The van der Waals surface area contributed by atoms with Crippen molar-refractivity contribution in [3.8, 4) is 0 Å². The van der Waals surface area contributed by atoms with E-state index in [2.05, 4.69) is 10.2 Å². The molecule has 1 saturated heterocycles. The zero-order valence-electron chi connectivity index (χ0n) is 12.3. The summed E-state index contributed by atoms with van der Waals surface area (Å²) in [6, 6.07) is 8.43. The molecule has 0 amide bonds. The Morgan fingerprint density at radius 3 is 2.55 bits per heavy atom. The average Bonchev–Trinajstić information content (AvgIpc) is 3.26. The summed E-state index contributed by atoms with van der Waals surface area (Å²) in [5.74, 6) is 0.499. The topological polar surface area (TPSA) is 15.3 Å². The molecular formula is C17H25FN2. The van der Waals surface area contributed by atoms with Gasteiger partial charge in [-0.25, -0.2) is 4.39 Å². The predicted molar refractivity (Wildman–Crippen MR) is 80.1 cm³/mol. The van der Waals surface area contributed by atoms with Gasteiger partial charge in [-0.3, -0.25) is 4.90 Å². The molecule has 2 nitrogen and oxygen atoms in total. The first-order chi connectivity index (χ1) is 9.79. The van der Waals surface area contributed by atoms with E-state index in [1.54, 1.807) is 12.1 Å². The molecular weight excluding hydrogens is 251 g/mol. The molecule has 0 spiro atoms. The Balaban J connectivity index is 1.90. The minimum Gasteiger partial charge on any atom is -0.319 e. The Bertz CT molecular complexity index is 427. The number of nitrogens with one attached hydrogen (secondary N) is 1. The Kier molecular flexibility index (Phi) is 4.37. The minimum atomic E-state index is -0.134. The highest BCUT2D eigenvalue weighted by atomic mass is 19.1. The molecule has 1 aromatic rings. The van der Waals surface area contributed by atoms with E-state index in [0.717, 1.165) is 12.6 Å². The molecule has 2 unspecified atom stereocenters. The zero-order valence-corrected chi connectivity index (χ0v) is 12.3. The van der Waals surface area contributed by atoms with Gasteiger partial charge in [0.15, 0.2) is 0 Å². The maximum atomic E-state index is 13.2. The first-order valence-electron chi connectivity index (χ1n) is 7.95. The number of rotatable bonds is 4. The van der Waals surface area contributed by atoms with Gasteiger partial charge in [-0.15, -0.1) is 0 Å². The maximum Gasteiger partial charge on any atom is 0.123 e. The number of hydrogen-bond donors (Lipinski definition) is 1. The van der Waals surface area contributed by atoms with Crippen LogP contribution in [0, 0.1) is 11.7 Å². The van der Waals surface area contributed by atoms with Crippen molar-refractivity contribution in [3.05, 3.63) is 35.6 Å². The molecule has 3 rings (SSSR count). The molecule has 1 aliphatic carbocycles. The Labute approximate surface area is 121 Å². The van der Waals surface area contributed by atoms with E-state index >= 15 is 0 Å². The predicted octanol–water partition coefficient (Wildman–Crippen LogP) is 3.35. The van der Waals surface area contributed by atoms with Crippen LogP contribution in [0.2, 0.25) is 0 Å². The Morgan fingerprint density at radius 2 is 1.90 bits per heavy atom. The largest absolute Gasteiger partial charge is 0.319 e. The average molecular weight is 276 g/mol. The van der Waals surface area contributed by atoms with E-state index < -0.39 is 0 Å². The van der Waals surface area contributed by atoms with Crippen LogP contribution in [-0.2, 0) is 0 Å². The Hall–Kier alpha value is -0.930. The summed E-state index contributed by atoms with van der Waals surface area (Å²) >= 11 is 0. The second-order valence-corrected chi connectivity index (χ2v) is 6.28. The molecule has 2 aliphatic rings. The summed E-state index contributed by atoms with van der Waals surface area (Å²) in [4.78, 5) is 2.70. The third-order valence-electron chi connectivity index (χ3n) is 4.74. The van der Waals surface area contributed by atoms with Crippen molar-refractivity contribution >= 4 is 0 Å². The SMILES string of the molecule is CNCC1CCCCN(C2CC2)C1c1ccc(F)cc1.